The number of nitrogens with zero attached hydrogens (tertiary/aromatic N) is 2. The Bertz CT molecular complexity index is 1120. The minimum atomic E-state index is -4.14. The van der Waals surface area contributed by atoms with Crippen molar-refractivity contribution >= 4 is 48.1 Å². The highest BCUT2D eigenvalue weighted by Gasteiger charge is 2.37. The molecule has 0 spiro atoms. The highest BCUT2D eigenvalue weighted by Crippen LogP contribution is 2.34. The predicted molar refractivity (Wildman–Crippen MR) is 106 cm³/mol. The van der Waals surface area contributed by atoms with Gasteiger partial charge in [0.15, 0.2) is 5.13 Å². The topological polar surface area (TPSA) is 123 Å². The fraction of sp³-hybridized carbons (Fsp3) is 0.375. The van der Waals surface area contributed by atoms with Gasteiger partial charge >= 0.3 is 0 Å². The largest absolute Gasteiger partial charge is 0.492 e. The monoisotopic (exact) mass is 445 g/mol. The average Bonchev–Trinajstić information content (AvgIpc) is 3.05. The number of rotatable bonds is 6. The van der Waals surface area contributed by atoms with Gasteiger partial charge in [0.05, 0.1) is 23.7 Å². The first-order valence-corrected chi connectivity index (χ1v) is 12.3. The van der Waals surface area contributed by atoms with Crippen LogP contribution in [-0.2, 0) is 24.8 Å². The number of hydrogen-bond acceptors (Lipinski definition) is 8. The maximum atomic E-state index is 13.0. The van der Waals surface area contributed by atoms with E-state index in [0.29, 0.717) is 10.00 Å². The van der Waals surface area contributed by atoms with Gasteiger partial charge in [0.25, 0.3) is 10.0 Å². The van der Waals surface area contributed by atoms with Gasteiger partial charge in [-0.15, -0.1) is 11.3 Å². The summed E-state index contributed by atoms with van der Waals surface area (Å²) in [5, 5.41) is 0.188. The van der Waals surface area contributed by atoms with Crippen LogP contribution in [0, 0.1) is 13.8 Å². The Kier molecular flexibility index (Phi) is 5.38. The van der Waals surface area contributed by atoms with E-state index in [2.05, 4.69) is 9.71 Å². The molecule has 0 bridgehead atoms. The number of thiazole rings is 1. The second-order valence-electron chi connectivity index (χ2n) is 6.05. The molecule has 12 heteroatoms. The number of anilines is 2. The van der Waals surface area contributed by atoms with Crippen molar-refractivity contribution in [3.8, 4) is 5.75 Å². The summed E-state index contributed by atoms with van der Waals surface area (Å²) >= 11 is 1.18. The molecule has 152 valence electrons. The summed E-state index contributed by atoms with van der Waals surface area (Å²) in [5.74, 6) is -0.865. The summed E-state index contributed by atoms with van der Waals surface area (Å²) in [6.45, 7) is 5.48. The molecule has 1 amide bonds. The van der Waals surface area contributed by atoms with E-state index >= 15 is 0 Å². The number of sulfonamides is 2. The van der Waals surface area contributed by atoms with E-state index in [1.54, 1.807) is 13.8 Å². The van der Waals surface area contributed by atoms with Gasteiger partial charge in [-0.2, -0.15) is 0 Å². The molecule has 0 atom stereocenters. The predicted octanol–water partition coefficient (Wildman–Crippen LogP) is 2.03. The molecule has 1 fully saturated rings. The van der Waals surface area contributed by atoms with Crippen LogP contribution in [0.3, 0.4) is 0 Å². The first kappa shape index (κ1) is 20.6. The molecule has 28 heavy (non-hydrogen) atoms. The van der Waals surface area contributed by atoms with Gasteiger partial charge in [-0.25, -0.2) is 26.1 Å². The molecule has 3 rings (SSSR count). The molecule has 1 saturated heterocycles. The zero-order valence-electron chi connectivity index (χ0n) is 15.4. The van der Waals surface area contributed by atoms with Gasteiger partial charge in [0, 0.05) is 11.3 Å². The van der Waals surface area contributed by atoms with Crippen molar-refractivity contribution in [3.05, 3.63) is 28.8 Å². The lowest BCUT2D eigenvalue weighted by Gasteiger charge is -2.18. The van der Waals surface area contributed by atoms with Crippen molar-refractivity contribution in [2.24, 2.45) is 0 Å². The Morgan fingerprint density at radius 3 is 2.57 bits per heavy atom. The summed E-state index contributed by atoms with van der Waals surface area (Å²) < 4.78 is 58.7. The Morgan fingerprint density at radius 1 is 1.32 bits per heavy atom. The summed E-state index contributed by atoms with van der Waals surface area (Å²) in [6, 6.07) is 3.82. The quantitative estimate of drug-likeness (QED) is 0.722. The molecular weight excluding hydrogens is 426 g/mol. The number of carbonyl (C=O) groups is 1. The third-order valence-electron chi connectivity index (χ3n) is 4.08. The number of hydrogen-bond donors (Lipinski definition) is 1. The molecule has 9 nitrogen and oxygen atoms in total. The zero-order chi connectivity index (χ0) is 20.7. The van der Waals surface area contributed by atoms with Crippen LogP contribution in [-0.4, -0.2) is 40.1 Å². The smallest absolute Gasteiger partial charge is 0.267 e. The number of benzene rings is 1. The van der Waals surface area contributed by atoms with E-state index in [4.69, 9.17) is 4.74 Å². The first-order valence-electron chi connectivity index (χ1n) is 8.34. The number of nitrogens with one attached hydrogen (secondary N) is 1. The molecule has 1 aromatic heterocycles. The molecule has 2 aromatic rings. The first-order chi connectivity index (χ1) is 13.0. The number of aryl methyl sites for hydroxylation is 2. The van der Waals surface area contributed by atoms with Crippen LogP contribution in [0.2, 0.25) is 0 Å². The lowest BCUT2D eigenvalue weighted by Crippen LogP contribution is -2.29. The van der Waals surface area contributed by atoms with Crippen molar-refractivity contribution in [3.63, 3.8) is 0 Å². The highest BCUT2D eigenvalue weighted by atomic mass is 32.2. The zero-order valence-corrected chi connectivity index (χ0v) is 17.9. The van der Waals surface area contributed by atoms with Gasteiger partial charge in [0.2, 0.25) is 15.9 Å². The lowest BCUT2D eigenvalue weighted by molar-refractivity contribution is -0.116. The maximum absolute atomic E-state index is 13.0. The minimum Gasteiger partial charge on any atom is -0.492 e. The van der Waals surface area contributed by atoms with Crippen LogP contribution in [0.1, 0.15) is 23.9 Å². The number of ether oxygens (including phenoxy) is 1. The van der Waals surface area contributed by atoms with Crippen LogP contribution in [0.15, 0.2) is 23.1 Å². The Labute approximate surface area is 167 Å². The van der Waals surface area contributed by atoms with Crippen molar-refractivity contribution in [1.29, 1.82) is 0 Å². The number of carbonyl (C=O) groups excluding carboxylic acids is 1. The van der Waals surface area contributed by atoms with Crippen molar-refractivity contribution in [2.75, 3.05) is 21.4 Å². The van der Waals surface area contributed by atoms with Gasteiger partial charge in [-0.3, -0.25) is 9.52 Å². The van der Waals surface area contributed by atoms with Gasteiger partial charge in [-0.05, 0) is 39.0 Å². The molecule has 1 aromatic carbocycles. The lowest BCUT2D eigenvalue weighted by atomic mass is 10.3. The van der Waals surface area contributed by atoms with E-state index in [9.17, 15) is 21.6 Å². The van der Waals surface area contributed by atoms with Crippen LogP contribution < -0.4 is 13.8 Å². The molecule has 1 aliphatic heterocycles. The van der Waals surface area contributed by atoms with Crippen molar-refractivity contribution < 1.29 is 26.4 Å². The van der Waals surface area contributed by atoms with Crippen molar-refractivity contribution in [2.45, 2.75) is 32.1 Å². The fourth-order valence-electron chi connectivity index (χ4n) is 2.66. The summed E-state index contributed by atoms with van der Waals surface area (Å²) in [4.78, 5) is 16.8. The van der Waals surface area contributed by atoms with Gasteiger partial charge < -0.3 is 4.74 Å². The van der Waals surface area contributed by atoms with Crippen molar-refractivity contribution in [1.82, 2.24) is 4.98 Å². The molecule has 0 unspecified atom stereocenters. The highest BCUT2D eigenvalue weighted by molar-refractivity contribution is 7.94. The van der Waals surface area contributed by atoms with Crippen LogP contribution in [0.25, 0.3) is 0 Å². The van der Waals surface area contributed by atoms with E-state index in [0.717, 1.165) is 10.9 Å². The number of amides is 1. The molecule has 0 radical (unpaired) electrons. The molecule has 0 aliphatic carbocycles. The summed E-state index contributed by atoms with van der Waals surface area (Å²) in [6.07, 6.45) is -0.145. The van der Waals surface area contributed by atoms with Crippen LogP contribution in [0.4, 0.5) is 10.8 Å². The minimum absolute atomic E-state index is 0.0437. The second kappa shape index (κ2) is 7.33. The van der Waals surface area contributed by atoms with Gasteiger partial charge in [0.1, 0.15) is 10.6 Å². The molecule has 0 saturated carbocycles. The average molecular weight is 446 g/mol. The van der Waals surface area contributed by atoms with E-state index in [1.165, 1.54) is 23.5 Å². The molecule has 1 N–H and O–H groups in total. The van der Waals surface area contributed by atoms with E-state index < -0.39 is 26.0 Å². The molecule has 1 aliphatic rings. The number of aromatic nitrogens is 1. The third kappa shape index (κ3) is 3.84. The van der Waals surface area contributed by atoms with Crippen LogP contribution in [0.5, 0.6) is 5.75 Å². The second-order valence-corrected chi connectivity index (χ2v) is 10.8. The third-order valence-corrected chi connectivity index (χ3v) is 8.25. The molecular formula is C16H19N3O6S3. The Balaban J connectivity index is 2.08. The Hall–Kier alpha value is -2.18. The molecule has 2 heterocycles. The maximum Gasteiger partial charge on any atom is 0.267 e. The van der Waals surface area contributed by atoms with E-state index in [1.807, 2.05) is 6.92 Å². The summed E-state index contributed by atoms with van der Waals surface area (Å²) in [7, 11) is -7.96. The van der Waals surface area contributed by atoms with Gasteiger partial charge in [-0.1, -0.05) is 0 Å². The van der Waals surface area contributed by atoms with E-state index in [-0.39, 0.29) is 40.2 Å². The fourth-order valence-corrected chi connectivity index (χ4v) is 6.33. The standard InChI is InChI=1S/C16H19N3O6S3/c1-4-25-13-6-5-12(19-15(20)7-8-27(19,21)22)9-14(13)28(23,24)18-16-17-10(2)11(3)26-16/h5-6,9H,4,7-8H2,1-3H3,(H,17,18). The Morgan fingerprint density at radius 2 is 2.04 bits per heavy atom. The summed E-state index contributed by atoms with van der Waals surface area (Å²) in [5.41, 5.74) is 0.660. The normalized spacial score (nSPS) is 16.4. The SMILES string of the molecule is CCOc1ccc(N2C(=O)CCS2(=O)=O)cc1S(=O)(=O)Nc1nc(C)c(C)s1. The van der Waals surface area contributed by atoms with Crippen LogP contribution >= 0.6 is 11.3 Å².